The Labute approximate surface area is 153 Å². The third-order valence-corrected chi connectivity index (χ3v) is 5.02. The Morgan fingerprint density at radius 3 is 2.85 bits per heavy atom. The lowest BCUT2D eigenvalue weighted by Crippen LogP contribution is -2.30. The zero-order chi connectivity index (χ0) is 18.1. The molecule has 26 heavy (non-hydrogen) atoms. The number of benzene rings is 2. The first-order chi connectivity index (χ1) is 12.6. The molecule has 2 aromatic carbocycles. The number of thiazole rings is 1. The molecule has 4 rings (SSSR count). The quantitative estimate of drug-likeness (QED) is 0.500. The number of hydrogen-bond donors (Lipinski definition) is 0. The van der Waals surface area contributed by atoms with Crippen molar-refractivity contribution in [3.05, 3.63) is 83.6 Å². The van der Waals surface area contributed by atoms with Crippen molar-refractivity contribution >= 4 is 32.6 Å². The highest BCUT2D eigenvalue weighted by molar-refractivity contribution is 7.22. The van der Waals surface area contributed by atoms with Gasteiger partial charge in [0, 0.05) is 5.56 Å². The van der Waals surface area contributed by atoms with Gasteiger partial charge < -0.3 is 4.42 Å². The van der Waals surface area contributed by atoms with Crippen LogP contribution in [0.25, 0.3) is 10.2 Å². The number of carbonyl (C=O) groups is 1. The van der Waals surface area contributed by atoms with Gasteiger partial charge in [-0.3, -0.25) is 9.69 Å². The summed E-state index contributed by atoms with van der Waals surface area (Å²) in [6, 6.07) is 15.4. The van der Waals surface area contributed by atoms with Crippen LogP contribution in [0.5, 0.6) is 0 Å². The Balaban J connectivity index is 1.77. The number of amides is 1. The second-order valence-electron chi connectivity index (χ2n) is 5.95. The molecule has 6 heteroatoms. The summed E-state index contributed by atoms with van der Waals surface area (Å²) >= 11 is 1.28. The molecule has 0 aliphatic heterocycles. The topological polar surface area (TPSA) is 46.3 Å². The SMILES string of the molecule is Cc1cccc(C(=O)N(Cc2ccco2)c2nc3ccc(F)cc3s2)c1. The molecule has 2 aromatic heterocycles. The highest BCUT2D eigenvalue weighted by atomic mass is 32.1. The largest absolute Gasteiger partial charge is 0.467 e. The first-order valence-corrected chi connectivity index (χ1v) is 8.89. The molecule has 0 aliphatic carbocycles. The average molecular weight is 366 g/mol. The molecule has 1 amide bonds. The van der Waals surface area contributed by atoms with Gasteiger partial charge in [-0.2, -0.15) is 0 Å². The number of anilines is 1. The molecule has 0 radical (unpaired) electrons. The smallest absolute Gasteiger partial charge is 0.260 e. The fourth-order valence-corrected chi connectivity index (χ4v) is 3.71. The molecule has 0 spiro atoms. The molecule has 4 nitrogen and oxygen atoms in total. The molecule has 0 aliphatic rings. The fourth-order valence-electron chi connectivity index (χ4n) is 2.72. The van der Waals surface area contributed by atoms with Crippen LogP contribution in [-0.4, -0.2) is 10.9 Å². The summed E-state index contributed by atoms with van der Waals surface area (Å²) in [5, 5.41) is 0.508. The first-order valence-electron chi connectivity index (χ1n) is 8.07. The van der Waals surface area contributed by atoms with Gasteiger partial charge in [0.25, 0.3) is 5.91 Å². The summed E-state index contributed by atoms with van der Waals surface area (Å²) in [6.45, 7) is 2.19. The number of nitrogens with zero attached hydrogens (tertiary/aromatic N) is 2. The number of furan rings is 1. The van der Waals surface area contributed by atoms with Crippen molar-refractivity contribution in [2.75, 3.05) is 4.90 Å². The van der Waals surface area contributed by atoms with E-state index < -0.39 is 0 Å². The minimum atomic E-state index is -0.324. The monoisotopic (exact) mass is 366 g/mol. The van der Waals surface area contributed by atoms with Gasteiger partial charge in [0.15, 0.2) is 5.13 Å². The molecule has 0 saturated heterocycles. The first kappa shape index (κ1) is 16.5. The van der Waals surface area contributed by atoms with Crippen molar-refractivity contribution in [1.29, 1.82) is 0 Å². The van der Waals surface area contributed by atoms with Crippen molar-refractivity contribution in [3.63, 3.8) is 0 Å². The predicted octanol–water partition coefficient (Wildman–Crippen LogP) is 5.18. The van der Waals surface area contributed by atoms with Crippen LogP contribution in [0.2, 0.25) is 0 Å². The number of aryl methyl sites for hydroxylation is 1. The van der Waals surface area contributed by atoms with E-state index in [4.69, 9.17) is 4.42 Å². The van der Waals surface area contributed by atoms with Crippen molar-refractivity contribution in [1.82, 2.24) is 4.98 Å². The third-order valence-electron chi connectivity index (χ3n) is 3.97. The Hall–Kier alpha value is -2.99. The zero-order valence-corrected chi connectivity index (χ0v) is 14.8. The minimum absolute atomic E-state index is 0.176. The average Bonchev–Trinajstić information content (AvgIpc) is 3.28. The standard InChI is InChI=1S/C20H15FN2O2S/c1-13-4-2-5-14(10-13)19(24)23(12-16-6-3-9-25-16)20-22-17-8-7-15(21)11-18(17)26-20/h2-11H,12H2,1H3. The van der Waals surface area contributed by atoms with E-state index in [1.54, 1.807) is 29.4 Å². The summed E-state index contributed by atoms with van der Waals surface area (Å²) in [4.78, 5) is 19.2. The number of halogens is 1. The molecule has 0 saturated carbocycles. The maximum atomic E-state index is 13.5. The molecule has 0 fully saturated rings. The normalized spacial score (nSPS) is 11.0. The second-order valence-corrected chi connectivity index (χ2v) is 6.96. The third kappa shape index (κ3) is 3.23. The van der Waals surface area contributed by atoms with Gasteiger partial charge in [-0.05, 0) is 49.4 Å². The summed E-state index contributed by atoms with van der Waals surface area (Å²) in [5.41, 5.74) is 2.23. The fraction of sp³-hybridized carbons (Fsp3) is 0.100. The van der Waals surface area contributed by atoms with E-state index in [0.717, 1.165) is 5.56 Å². The van der Waals surface area contributed by atoms with Crippen molar-refractivity contribution in [3.8, 4) is 0 Å². The van der Waals surface area contributed by atoms with E-state index in [1.165, 1.54) is 23.5 Å². The molecule has 4 aromatic rings. The van der Waals surface area contributed by atoms with E-state index in [0.29, 0.717) is 26.7 Å². The zero-order valence-electron chi connectivity index (χ0n) is 14.0. The number of rotatable bonds is 4. The van der Waals surface area contributed by atoms with Gasteiger partial charge in [0.1, 0.15) is 11.6 Å². The maximum absolute atomic E-state index is 13.5. The Bertz CT molecular complexity index is 1070. The highest BCUT2D eigenvalue weighted by Crippen LogP contribution is 2.31. The number of hydrogen-bond acceptors (Lipinski definition) is 4. The van der Waals surface area contributed by atoms with Crippen LogP contribution in [0.4, 0.5) is 9.52 Å². The van der Waals surface area contributed by atoms with Crippen LogP contribution in [0.3, 0.4) is 0 Å². The number of carbonyl (C=O) groups excluding carboxylic acids is 1. The molecule has 0 unspecified atom stereocenters. The van der Waals surface area contributed by atoms with Gasteiger partial charge in [0.05, 0.1) is 23.0 Å². The summed E-state index contributed by atoms with van der Waals surface area (Å²) in [5.74, 6) is 0.149. The van der Waals surface area contributed by atoms with Crippen molar-refractivity contribution in [2.45, 2.75) is 13.5 Å². The lowest BCUT2D eigenvalue weighted by Gasteiger charge is -2.19. The molecule has 2 heterocycles. The van der Waals surface area contributed by atoms with E-state index in [2.05, 4.69) is 4.98 Å². The van der Waals surface area contributed by atoms with Gasteiger partial charge in [-0.25, -0.2) is 9.37 Å². The maximum Gasteiger partial charge on any atom is 0.260 e. The van der Waals surface area contributed by atoms with Gasteiger partial charge in [0.2, 0.25) is 0 Å². The van der Waals surface area contributed by atoms with Crippen LogP contribution >= 0.6 is 11.3 Å². The van der Waals surface area contributed by atoms with Gasteiger partial charge in [-0.1, -0.05) is 29.0 Å². The van der Waals surface area contributed by atoms with E-state index >= 15 is 0 Å². The second kappa shape index (κ2) is 6.72. The Kier molecular flexibility index (Phi) is 4.26. The molecular weight excluding hydrogens is 351 g/mol. The Morgan fingerprint density at radius 1 is 1.19 bits per heavy atom. The van der Waals surface area contributed by atoms with E-state index in [1.807, 2.05) is 31.2 Å². The number of fused-ring (bicyclic) bond motifs is 1. The minimum Gasteiger partial charge on any atom is -0.467 e. The number of aromatic nitrogens is 1. The van der Waals surface area contributed by atoms with Crippen LogP contribution in [0.15, 0.2) is 65.3 Å². The summed E-state index contributed by atoms with van der Waals surface area (Å²) in [6.07, 6.45) is 1.57. The molecule has 0 bridgehead atoms. The lowest BCUT2D eigenvalue weighted by molar-refractivity contribution is 0.0983. The van der Waals surface area contributed by atoms with Crippen molar-refractivity contribution in [2.24, 2.45) is 0 Å². The molecule has 0 atom stereocenters. The van der Waals surface area contributed by atoms with Crippen LogP contribution in [0.1, 0.15) is 21.7 Å². The van der Waals surface area contributed by atoms with Crippen LogP contribution in [-0.2, 0) is 6.54 Å². The predicted molar refractivity (Wildman–Crippen MR) is 100.0 cm³/mol. The molecule has 0 N–H and O–H groups in total. The van der Waals surface area contributed by atoms with Gasteiger partial charge in [-0.15, -0.1) is 0 Å². The van der Waals surface area contributed by atoms with Crippen LogP contribution < -0.4 is 4.90 Å². The van der Waals surface area contributed by atoms with Gasteiger partial charge >= 0.3 is 0 Å². The summed E-state index contributed by atoms with van der Waals surface area (Å²) in [7, 11) is 0. The lowest BCUT2D eigenvalue weighted by atomic mass is 10.1. The molecule has 130 valence electrons. The van der Waals surface area contributed by atoms with E-state index in [9.17, 15) is 9.18 Å². The molecular formula is C20H15FN2O2S. The summed E-state index contributed by atoms with van der Waals surface area (Å²) < 4.78 is 19.6. The Morgan fingerprint density at radius 2 is 2.08 bits per heavy atom. The van der Waals surface area contributed by atoms with Crippen molar-refractivity contribution < 1.29 is 13.6 Å². The van der Waals surface area contributed by atoms with Crippen LogP contribution in [0, 0.1) is 12.7 Å². The highest BCUT2D eigenvalue weighted by Gasteiger charge is 2.23. The van der Waals surface area contributed by atoms with E-state index in [-0.39, 0.29) is 18.3 Å².